The van der Waals surface area contributed by atoms with E-state index in [9.17, 15) is 4.79 Å². The van der Waals surface area contributed by atoms with Gasteiger partial charge in [0.05, 0.1) is 13.2 Å². The molecule has 1 N–H and O–H groups in total. The molecule has 0 aromatic heterocycles. The first-order chi connectivity index (χ1) is 12.1. The number of nitrogens with one attached hydrogen (secondary N) is 1. The van der Waals surface area contributed by atoms with Crippen LogP contribution in [-0.2, 0) is 4.79 Å². The number of rotatable bonds is 8. The van der Waals surface area contributed by atoms with Gasteiger partial charge in [-0.05, 0) is 54.8 Å². The molecule has 2 rings (SSSR count). The fourth-order valence-corrected chi connectivity index (χ4v) is 2.65. The molecule has 5 heteroatoms. The number of methoxy groups -OCH3 is 1. The van der Waals surface area contributed by atoms with Gasteiger partial charge in [0.15, 0.2) is 6.10 Å². The minimum absolute atomic E-state index is 0.0683. The van der Waals surface area contributed by atoms with Crippen molar-refractivity contribution in [3.63, 3.8) is 0 Å². The minimum atomic E-state index is -0.548. The molecule has 0 radical (unpaired) electrons. The summed E-state index contributed by atoms with van der Waals surface area (Å²) in [6.45, 7) is 3.96. The number of hydrogen-bond acceptors (Lipinski definition) is 3. The van der Waals surface area contributed by atoms with Crippen molar-refractivity contribution < 1.29 is 14.3 Å². The third-order valence-corrected chi connectivity index (χ3v) is 4.25. The molecule has 0 saturated carbocycles. The van der Waals surface area contributed by atoms with Crippen LogP contribution in [0.1, 0.15) is 38.3 Å². The SMILES string of the molecule is CC[C@H](Oc1ccc(Cl)cc1)C(=O)N[C@@H](CC)c1ccc(OC)cc1. The fraction of sp³-hybridized carbons (Fsp3) is 0.350. The van der Waals surface area contributed by atoms with Crippen molar-refractivity contribution in [2.45, 2.75) is 38.8 Å². The summed E-state index contributed by atoms with van der Waals surface area (Å²) in [6, 6.07) is 14.7. The maximum absolute atomic E-state index is 12.6. The van der Waals surface area contributed by atoms with E-state index in [0.29, 0.717) is 17.2 Å². The summed E-state index contributed by atoms with van der Waals surface area (Å²) in [4.78, 5) is 12.6. The molecule has 0 heterocycles. The molecule has 0 aliphatic heterocycles. The van der Waals surface area contributed by atoms with Crippen molar-refractivity contribution in [2.75, 3.05) is 7.11 Å². The molecule has 0 unspecified atom stereocenters. The molecule has 0 saturated heterocycles. The molecule has 0 aliphatic rings. The lowest BCUT2D eigenvalue weighted by Crippen LogP contribution is -2.39. The highest BCUT2D eigenvalue weighted by Gasteiger charge is 2.22. The van der Waals surface area contributed by atoms with Gasteiger partial charge in [0, 0.05) is 5.02 Å². The molecule has 25 heavy (non-hydrogen) atoms. The molecule has 2 aromatic carbocycles. The van der Waals surface area contributed by atoms with Crippen LogP contribution in [0.4, 0.5) is 0 Å². The Kier molecular flexibility index (Phi) is 7.14. The molecular weight excluding hydrogens is 338 g/mol. The Morgan fingerprint density at radius 3 is 2.12 bits per heavy atom. The Morgan fingerprint density at radius 1 is 1.00 bits per heavy atom. The van der Waals surface area contributed by atoms with E-state index in [4.69, 9.17) is 21.1 Å². The van der Waals surface area contributed by atoms with Crippen LogP contribution in [0.25, 0.3) is 0 Å². The monoisotopic (exact) mass is 361 g/mol. The summed E-state index contributed by atoms with van der Waals surface area (Å²) < 4.78 is 11.0. The van der Waals surface area contributed by atoms with Crippen LogP contribution in [0.15, 0.2) is 48.5 Å². The average molecular weight is 362 g/mol. The van der Waals surface area contributed by atoms with E-state index in [1.165, 1.54) is 0 Å². The third kappa shape index (κ3) is 5.40. The van der Waals surface area contributed by atoms with Gasteiger partial charge in [-0.2, -0.15) is 0 Å². The molecule has 0 bridgehead atoms. The van der Waals surface area contributed by atoms with Crippen molar-refractivity contribution in [2.24, 2.45) is 0 Å². The molecule has 0 aliphatic carbocycles. The lowest BCUT2D eigenvalue weighted by molar-refractivity contribution is -0.128. The van der Waals surface area contributed by atoms with Crippen molar-refractivity contribution in [1.29, 1.82) is 0 Å². The van der Waals surface area contributed by atoms with Gasteiger partial charge in [-0.15, -0.1) is 0 Å². The van der Waals surface area contributed by atoms with Crippen LogP contribution >= 0.6 is 11.6 Å². The van der Waals surface area contributed by atoms with Crippen molar-refractivity contribution in [3.8, 4) is 11.5 Å². The van der Waals surface area contributed by atoms with Crippen LogP contribution in [0, 0.1) is 0 Å². The standard InChI is InChI=1S/C20H24ClNO3/c1-4-18(14-6-10-16(24-3)11-7-14)22-20(23)19(5-2)25-17-12-8-15(21)9-13-17/h6-13,18-19H,4-5H2,1-3H3,(H,22,23)/t18-,19-/m0/s1. The van der Waals surface area contributed by atoms with Crippen molar-refractivity contribution in [3.05, 3.63) is 59.1 Å². The molecule has 0 fully saturated rings. The molecule has 2 aromatic rings. The summed E-state index contributed by atoms with van der Waals surface area (Å²) in [5.74, 6) is 1.30. The molecular formula is C20H24ClNO3. The zero-order chi connectivity index (χ0) is 18.2. The second-order valence-corrected chi connectivity index (χ2v) is 6.15. The summed E-state index contributed by atoms with van der Waals surface area (Å²) >= 11 is 5.88. The van der Waals surface area contributed by atoms with Crippen LogP contribution in [-0.4, -0.2) is 19.1 Å². The van der Waals surface area contributed by atoms with E-state index in [-0.39, 0.29) is 11.9 Å². The zero-order valence-electron chi connectivity index (χ0n) is 14.8. The van der Waals surface area contributed by atoms with Gasteiger partial charge < -0.3 is 14.8 Å². The first kappa shape index (κ1) is 19.1. The van der Waals surface area contributed by atoms with E-state index >= 15 is 0 Å². The average Bonchev–Trinajstić information content (AvgIpc) is 2.65. The van der Waals surface area contributed by atoms with Crippen LogP contribution in [0.2, 0.25) is 5.02 Å². The van der Waals surface area contributed by atoms with Crippen LogP contribution in [0.5, 0.6) is 11.5 Å². The van der Waals surface area contributed by atoms with Gasteiger partial charge in [0.25, 0.3) is 5.91 Å². The fourth-order valence-electron chi connectivity index (χ4n) is 2.52. The number of carbonyl (C=O) groups is 1. The predicted molar refractivity (Wildman–Crippen MR) is 100 cm³/mol. The van der Waals surface area contributed by atoms with Gasteiger partial charge >= 0.3 is 0 Å². The molecule has 1 amide bonds. The Balaban J connectivity index is 2.03. The highest BCUT2D eigenvalue weighted by Crippen LogP contribution is 2.21. The van der Waals surface area contributed by atoms with E-state index in [1.807, 2.05) is 38.1 Å². The van der Waals surface area contributed by atoms with E-state index in [0.717, 1.165) is 17.7 Å². The minimum Gasteiger partial charge on any atom is -0.497 e. The van der Waals surface area contributed by atoms with Crippen molar-refractivity contribution in [1.82, 2.24) is 5.32 Å². The van der Waals surface area contributed by atoms with Gasteiger partial charge in [0.2, 0.25) is 0 Å². The van der Waals surface area contributed by atoms with E-state index < -0.39 is 6.10 Å². The number of amides is 1. The zero-order valence-corrected chi connectivity index (χ0v) is 15.5. The van der Waals surface area contributed by atoms with Crippen LogP contribution < -0.4 is 14.8 Å². The highest BCUT2D eigenvalue weighted by atomic mass is 35.5. The third-order valence-electron chi connectivity index (χ3n) is 4.00. The number of ether oxygens (including phenoxy) is 2. The maximum Gasteiger partial charge on any atom is 0.261 e. The summed E-state index contributed by atoms with van der Waals surface area (Å²) in [5, 5.41) is 3.71. The smallest absolute Gasteiger partial charge is 0.261 e. The molecule has 4 nitrogen and oxygen atoms in total. The molecule has 134 valence electrons. The summed E-state index contributed by atoms with van der Waals surface area (Å²) in [6.07, 6.45) is 0.816. The highest BCUT2D eigenvalue weighted by molar-refractivity contribution is 6.30. The van der Waals surface area contributed by atoms with Crippen LogP contribution in [0.3, 0.4) is 0 Å². The summed E-state index contributed by atoms with van der Waals surface area (Å²) in [5.41, 5.74) is 1.04. The first-order valence-electron chi connectivity index (χ1n) is 8.43. The Hall–Kier alpha value is -2.20. The van der Waals surface area contributed by atoms with Gasteiger partial charge in [-0.1, -0.05) is 37.6 Å². The van der Waals surface area contributed by atoms with Gasteiger partial charge in [-0.25, -0.2) is 0 Å². The van der Waals surface area contributed by atoms with Gasteiger partial charge in [-0.3, -0.25) is 4.79 Å². The Morgan fingerprint density at radius 2 is 1.60 bits per heavy atom. The predicted octanol–water partition coefficient (Wildman–Crippen LogP) is 4.77. The summed E-state index contributed by atoms with van der Waals surface area (Å²) in [7, 11) is 1.63. The maximum atomic E-state index is 12.6. The lowest BCUT2D eigenvalue weighted by atomic mass is 10.0. The Bertz CT molecular complexity index is 670. The second-order valence-electron chi connectivity index (χ2n) is 5.71. The molecule has 0 spiro atoms. The van der Waals surface area contributed by atoms with Gasteiger partial charge in [0.1, 0.15) is 11.5 Å². The lowest BCUT2D eigenvalue weighted by Gasteiger charge is -2.22. The normalized spacial score (nSPS) is 13.0. The second kappa shape index (κ2) is 9.33. The quantitative estimate of drug-likeness (QED) is 0.736. The number of carbonyl (C=O) groups excluding carboxylic acids is 1. The topological polar surface area (TPSA) is 47.6 Å². The van der Waals surface area contributed by atoms with E-state index in [2.05, 4.69) is 5.32 Å². The number of halogens is 1. The largest absolute Gasteiger partial charge is 0.497 e. The van der Waals surface area contributed by atoms with Crippen molar-refractivity contribution >= 4 is 17.5 Å². The Labute approximate surface area is 154 Å². The number of benzene rings is 2. The first-order valence-corrected chi connectivity index (χ1v) is 8.81. The van der Waals surface area contributed by atoms with E-state index in [1.54, 1.807) is 31.4 Å². The molecule has 2 atom stereocenters. The number of hydrogen-bond donors (Lipinski definition) is 1.